The SMILES string of the molecule is N=C(c1ccc(NC(=O)c2cnc3ccccc3n2)cc1)N1C(=N)c2ccccc2Nc2ncccc21. The van der Waals surface area contributed by atoms with Crippen LogP contribution in [0, 0.1) is 10.8 Å². The maximum Gasteiger partial charge on any atom is 0.275 e. The minimum absolute atomic E-state index is 0.107. The van der Waals surface area contributed by atoms with Gasteiger partial charge in [0, 0.05) is 23.0 Å². The van der Waals surface area contributed by atoms with Gasteiger partial charge in [-0.25, -0.2) is 9.97 Å². The van der Waals surface area contributed by atoms with Gasteiger partial charge in [-0.1, -0.05) is 24.3 Å². The summed E-state index contributed by atoms with van der Waals surface area (Å²) in [4.78, 5) is 27.4. The van der Waals surface area contributed by atoms with Crippen molar-refractivity contribution in [3.63, 3.8) is 0 Å². The highest BCUT2D eigenvalue weighted by atomic mass is 16.1. The number of nitrogens with zero attached hydrogens (tertiary/aromatic N) is 4. The normalized spacial score (nSPS) is 12.2. The highest BCUT2D eigenvalue weighted by Gasteiger charge is 2.28. The molecule has 0 radical (unpaired) electrons. The molecule has 0 aliphatic carbocycles. The highest BCUT2D eigenvalue weighted by molar-refractivity contribution is 6.30. The van der Waals surface area contributed by atoms with Gasteiger partial charge in [-0.2, -0.15) is 0 Å². The molecule has 0 atom stereocenters. The fourth-order valence-electron chi connectivity index (χ4n) is 4.18. The Hall–Kier alpha value is -5.44. The molecule has 0 spiro atoms. The molecule has 4 N–H and O–H groups in total. The molecule has 178 valence electrons. The zero-order valence-electron chi connectivity index (χ0n) is 19.4. The summed E-state index contributed by atoms with van der Waals surface area (Å²) in [5, 5.41) is 24.0. The van der Waals surface area contributed by atoms with E-state index in [2.05, 4.69) is 25.6 Å². The van der Waals surface area contributed by atoms with E-state index in [9.17, 15) is 4.79 Å². The maximum absolute atomic E-state index is 12.8. The van der Waals surface area contributed by atoms with Crippen LogP contribution in [0.4, 0.5) is 22.9 Å². The van der Waals surface area contributed by atoms with Crippen molar-refractivity contribution in [3.05, 3.63) is 114 Å². The van der Waals surface area contributed by atoms with Crippen molar-refractivity contribution < 1.29 is 4.79 Å². The van der Waals surface area contributed by atoms with Crippen molar-refractivity contribution in [1.29, 1.82) is 10.8 Å². The van der Waals surface area contributed by atoms with Crippen molar-refractivity contribution in [2.24, 2.45) is 0 Å². The molecule has 6 rings (SSSR count). The number of carbonyl (C=O) groups is 1. The lowest BCUT2D eigenvalue weighted by Crippen LogP contribution is -2.36. The molecule has 3 aromatic carbocycles. The Balaban J connectivity index is 1.27. The highest BCUT2D eigenvalue weighted by Crippen LogP contribution is 2.34. The number of amidine groups is 2. The average molecular weight is 485 g/mol. The number of benzene rings is 3. The number of carbonyl (C=O) groups excluding carboxylic acids is 1. The van der Waals surface area contributed by atoms with E-state index in [4.69, 9.17) is 10.8 Å². The van der Waals surface area contributed by atoms with Gasteiger partial charge >= 0.3 is 0 Å². The summed E-state index contributed by atoms with van der Waals surface area (Å²) in [5.41, 5.74) is 4.70. The van der Waals surface area contributed by atoms with Crippen LogP contribution < -0.4 is 15.5 Å². The van der Waals surface area contributed by atoms with Crippen molar-refractivity contribution >= 4 is 51.5 Å². The number of nitrogens with one attached hydrogen (secondary N) is 4. The summed E-state index contributed by atoms with van der Waals surface area (Å²) >= 11 is 0. The number of aromatic nitrogens is 3. The predicted octanol–water partition coefficient (Wildman–Crippen LogP) is 5.19. The second-order valence-corrected chi connectivity index (χ2v) is 8.35. The summed E-state index contributed by atoms with van der Waals surface area (Å²) < 4.78 is 0. The van der Waals surface area contributed by atoms with Crippen LogP contribution in [0.5, 0.6) is 0 Å². The zero-order chi connectivity index (χ0) is 25.4. The van der Waals surface area contributed by atoms with Crippen molar-refractivity contribution in [1.82, 2.24) is 15.0 Å². The largest absolute Gasteiger partial charge is 0.338 e. The third kappa shape index (κ3) is 4.04. The molecule has 37 heavy (non-hydrogen) atoms. The fourth-order valence-corrected chi connectivity index (χ4v) is 4.18. The Labute approximate surface area is 211 Å². The van der Waals surface area contributed by atoms with Crippen LogP contribution >= 0.6 is 0 Å². The van der Waals surface area contributed by atoms with E-state index in [1.54, 1.807) is 41.4 Å². The number of anilines is 4. The topological polar surface area (TPSA) is 131 Å². The maximum atomic E-state index is 12.8. The number of pyridine rings is 1. The summed E-state index contributed by atoms with van der Waals surface area (Å²) in [6, 6.07) is 25.3. The molecule has 1 aliphatic rings. The molecule has 3 heterocycles. The van der Waals surface area contributed by atoms with Gasteiger partial charge in [0.15, 0.2) is 5.82 Å². The third-order valence-electron chi connectivity index (χ3n) is 6.01. The standard InChI is InChI=1S/C28H20N8O/c29-25(36-24-10-5-15-31-27(24)35-20-7-2-1-6-19(20)26(36)30)17-11-13-18(14-12-17)33-28(37)23-16-32-21-8-3-4-9-22(21)34-23/h1-16,29-30H,(H,31,35)(H,33,37). The van der Waals surface area contributed by atoms with Crippen LogP contribution in [0.2, 0.25) is 0 Å². The second kappa shape index (κ2) is 8.97. The van der Waals surface area contributed by atoms with Gasteiger partial charge in [0.05, 0.1) is 28.6 Å². The van der Waals surface area contributed by atoms with Crippen LogP contribution in [-0.4, -0.2) is 32.5 Å². The Morgan fingerprint density at radius 3 is 2.46 bits per heavy atom. The minimum Gasteiger partial charge on any atom is -0.338 e. The molecule has 1 amide bonds. The van der Waals surface area contributed by atoms with Gasteiger partial charge < -0.3 is 10.6 Å². The van der Waals surface area contributed by atoms with E-state index in [0.29, 0.717) is 33.8 Å². The van der Waals surface area contributed by atoms with Crippen LogP contribution in [0.15, 0.2) is 97.3 Å². The van der Waals surface area contributed by atoms with E-state index in [1.807, 2.05) is 54.6 Å². The van der Waals surface area contributed by atoms with Crippen molar-refractivity contribution in [3.8, 4) is 0 Å². The van der Waals surface area contributed by atoms with Gasteiger partial charge in [0.2, 0.25) is 0 Å². The van der Waals surface area contributed by atoms with Gasteiger partial charge in [0.1, 0.15) is 17.4 Å². The summed E-state index contributed by atoms with van der Waals surface area (Å²) in [6.45, 7) is 0. The molecule has 0 saturated heterocycles. The fraction of sp³-hybridized carbons (Fsp3) is 0. The molecule has 9 nitrogen and oxygen atoms in total. The summed E-state index contributed by atoms with van der Waals surface area (Å²) in [7, 11) is 0. The monoisotopic (exact) mass is 484 g/mol. The van der Waals surface area contributed by atoms with E-state index in [0.717, 1.165) is 11.2 Å². The number of hydrogen-bond donors (Lipinski definition) is 4. The lowest BCUT2D eigenvalue weighted by atomic mass is 10.1. The first-order valence-electron chi connectivity index (χ1n) is 11.5. The van der Waals surface area contributed by atoms with Crippen LogP contribution in [0.3, 0.4) is 0 Å². The third-order valence-corrected chi connectivity index (χ3v) is 6.01. The van der Waals surface area contributed by atoms with Gasteiger partial charge in [-0.15, -0.1) is 0 Å². The Kier molecular flexibility index (Phi) is 5.35. The van der Waals surface area contributed by atoms with E-state index < -0.39 is 0 Å². The molecular weight excluding hydrogens is 464 g/mol. The van der Waals surface area contributed by atoms with Crippen LogP contribution in [-0.2, 0) is 0 Å². The Morgan fingerprint density at radius 2 is 1.62 bits per heavy atom. The minimum atomic E-state index is -0.377. The predicted molar refractivity (Wildman–Crippen MR) is 144 cm³/mol. The lowest BCUT2D eigenvalue weighted by Gasteiger charge is -2.25. The van der Waals surface area contributed by atoms with Gasteiger partial charge in [-0.3, -0.25) is 25.5 Å². The number of rotatable bonds is 3. The number of amides is 1. The average Bonchev–Trinajstić information content (AvgIpc) is 3.06. The summed E-state index contributed by atoms with van der Waals surface area (Å²) in [5.74, 6) is 0.448. The molecule has 0 bridgehead atoms. The molecule has 0 unspecified atom stereocenters. The molecule has 0 fully saturated rings. The summed E-state index contributed by atoms with van der Waals surface area (Å²) in [6.07, 6.45) is 3.12. The first-order valence-corrected chi connectivity index (χ1v) is 11.5. The molecular formula is C28H20N8O. The first-order chi connectivity index (χ1) is 18.1. The first kappa shape index (κ1) is 22.1. The molecule has 9 heteroatoms. The van der Waals surface area contributed by atoms with E-state index >= 15 is 0 Å². The zero-order valence-corrected chi connectivity index (χ0v) is 19.4. The molecule has 5 aromatic rings. The van der Waals surface area contributed by atoms with Crippen molar-refractivity contribution in [2.75, 3.05) is 15.5 Å². The number of para-hydroxylation sites is 3. The Morgan fingerprint density at radius 1 is 0.865 bits per heavy atom. The number of fused-ring (bicyclic) bond motifs is 3. The van der Waals surface area contributed by atoms with Crippen LogP contribution in [0.25, 0.3) is 11.0 Å². The van der Waals surface area contributed by atoms with Crippen molar-refractivity contribution in [2.45, 2.75) is 0 Å². The van der Waals surface area contributed by atoms with E-state index in [-0.39, 0.29) is 23.3 Å². The molecule has 2 aromatic heterocycles. The number of hydrogen-bond acceptors (Lipinski definition) is 7. The molecule has 0 saturated carbocycles. The van der Waals surface area contributed by atoms with Crippen LogP contribution in [0.1, 0.15) is 21.6 Å². The Bertz CT molecular complexity index is 1700. The van der Waals surface area contributed by atoms with Gasteiger partial charge in [-0.05, 0) is 60.7 Å². The molecule has 1 aliphatic heterocycles. The lowest BCUT2D eigenvalue weighted by molar-refractivity contribution is 0.102. The second-order valence-electron chi connectivity index (χ2n) is 8.35. The quantitative estimate of drug-likeness (QED) is 0.206. The smallest absolute Gasteiger partial charge is 0.275 e. The van der Waals surface area contributed by atoms with Gasteiger partial charge in [0.25, 0.3) is 5.91 Å². The van der Waals surface area contributed by atoms with E-state index in [1.165, 1.54) is 6.20 Å².